The average Bonchev–Trinajstić information content (AvgIpc) is 3.46. The zero-order valence-corrected chi connectivity index (χ0v) is 30.5. The van der Waals surface area contributed by atoms with Crippen molar-refractivity contribution < 1.29 is 0 Å². The Balaban J connectivity index is 0.988. The van der Waals surface area contributed by atoms with Crippen LogP contribution in [0.1, 0.15) is 25.0 Å². The van der Waals surface area contributed by atoms with Crippen molar-refractivity contribution in [1.82, 2.24) is 0 Å². The maximum absolute atomic E-state index is 2.43. The van der Waals surface area contributed by atoms with E-state index in [0.29, 0.717) is 0 Å². The molecule has 0 bridgehead atoms. The molecular formula is C53H39N. The average molecular weight is 690 g/mol. The summed E-state index contributed by atoms with van der Waals surface area (Å²) in [6, 6.07) is 73.3. The van der Waals surface area contributed by atoms with E-state index in [1.807, 2.05) is 0 Å². The van der Waals surface area contributed by atoms with E-state index in [2.05, 4.69) is 219 Å². The van der Waals surface area contributed by atoms with Crippen LogP contribution in [0.5, 0.6) is 0 Å². The van der Waals surface area contributed by atoms with Crippen LogP contribution in [-0.2, 0) is 5.41 Å². The lowest BCUT2D eigenvalue weighted by Gasteiger charge is -2.28. The van der Waals surface area contributed by atoms with E-state index in [4.69, 9.17) is 0 Å². The Kier molecular flexibility index (Phi) is 7.56. The molecule has 1 heteroatoms. The Morgan fingerprint density at radius 2 is 0.778 bits per heavy atom. The van der Waals surface area contributed by atoms with Crippen LogP contribution < -0.4 is 4.90 Å². The van der Waals surface area contributed by atoms with Crippen molar-refractivity contribution in [2.24, 2.45) is 0 Å². The van der Waals surface area contributed by atoms with Gasteiger partial charge < -0.3 is 4.90 Å². The van der Waals surface area contributed by atoms with Gasteiger partial charge in [-0.05, 0) is 126 Å². The molecule has 10 rings (SSSR count). The summed E-state index contributed by atoms with van der Waals surface area (Å²) in [5.74, 6) is 0. The number of fused-ring (bicyclic) bond motifs is 6. The fraction of sp³-hybridized carbons (Fsp3) is 0.0566. The van der Waals surface area contributed by atoms with Crippen LogP contribution in [0.3, 0.4) is 0 Å². The summed E-state index contributed by atoms with van der Waals surface area (Å²) in [5.41, 5.74) is 16.0. The third kappa shape index (κ3) is 5.40. The highest BCUT2D eigenvalue weighted by atomic mass is 15.1. The van der Waals surface area contributed by atoms with E-state index in [1.54, 1.807) is 0 Å². The van der Waals surface area contributed by atoms with Crippen LogP contribution in [0.15, 0.2) is 200 Å². The van der Waals surface area contributed by atoms with Crippen molar-refractivity contribution in [2.75, 3.05) is 4.90 Å². The Morgan fingerprint density at radius 1 is 0.315 bits per heavy atom. The second-order valence-corrected chi connectivity index (χ2v) is 15.0. The fourth-order valence-electron chi connectivity index (χ4n) is 8.55. The molecule has 0 saturated carbocycles. The molecule has 0 saturated heterocycles. The van der Waals surface area contributed by atoms with Crippen molar-refractivity contribution in [1.29, 1.82) is 0 Å². The molecule has 0 unspecified atom stereocenters. The monoisotopic (exact) mass is 689 g/mol. The Labute approximate surface area is 317 Å². The van der Waals surface area contributed by atoms with Gasteiger partial charge in [0.15, 0.2) is 0 Å². The fourth-order valence-corrected chi connectivity index (χ4v) is 8.55. The smallest absolute Gasteiger partial charge is 0.0465 e. The van der Waals surface area contributed by atoms with Crippen LogP contribution in [0.25, 0.3) is 66.1 Å². The number of hydrogen-bond donors (Lipinski definition) is 0. The predicted molar refractivity (Wildman–Crippen MR) is 230 cm³/mol. The Hall–Kier alpha value is -6.70. The molecule has 54 heavy (non-hydrogen) atoms. The van der Waals surface area contributed by atoms with Crippen LogP contribution in [-0.4, -0.2) is 0 Å². The molecule has 0 heterocycles. The van der Waals surface area contributed by atoms with Gasteiger partial charge in [-0.25, -0.2) is 0 Å². The number of hydrogen-bond acceptors (Lipinski definition) is 1. The molecule has 0 aliphatic heterocycles. The predicted octanol–water partition coefficient (Wildman–Crippen LogP) is 14.8. The number of anilines is 3. The van der Waals surface area contributed by atoms with Crippen LogP contribution >= 0.6 is 0 Å². The first-order chi connectivity index (χ1) is 26.5. The Morgan fingerprint density at radius 3 is 1.50 bits per heavy atom. The van der Waals surface area contributed by atoms with Crippen molar-refractivity contribution >= 4 is 38.6 Å². The zero-order chi connectivity index (χ0) is 36.2. The number of nitrogens with zero attached hydrogens (tertiary/aromatic N) is 1. The van der Waals surface area contributed by atoms with E-state index < -0.39 is 0 Å². The summed E-state index contributed by atoms with van der Waals surface area (Å²) in [6.45, 7) is 4.75. The summed E-state index contributed by atoms with van der Waals surface area (Å²) in [7, 11) is 0. The van der Waals surface area contributed by atoms with Gasteiger partial charge in [0.25, 0.3) is 0 Å². The maximum atomic E-state index is 2.43. The summed E-state index contributed by atoms with van der Waals surface area (Å²) in [5, 5.41) is 5.15. The van der Waals surface area contributed by atoms with Crippen molar-refractivity contribution in [3.8, 4) is 44.5 Å². The lowest BCUT2D eigenvalue weighted by Crippen LogP contribution is -2.16. The van der Waals surface area contributed by atoms with Crippen LogP contribution in [0.2, 0.25) is 0 Å². The quantitative estimate of drug-likeness (QED) is 0.157. The summed E-state index contributed by atoms with van der Waals surface area (Å²) < 4.78 is 0. The molecule has 1 aliphatic carbocycles. The minimum Gasteiger partial charge on any atom is -0.310 e. The van der Waals surface area contributed by atoms with Crippen LogP contribution in [0.4, 0.5) is 17.1 Å². The second kappa shape index (κ2) is 12.8. The van der Waals surface area contributed by atoms with E-state index in [9.17, 15) is 0 Å². The molecule has 0 fully saturated rings. The largest absolute Gasteiger partial charge is 0.310 e. The molecule has 0 aromatic heterocycles. The van der Waals surface area contributed by atoms with Gasteiger partial charge in [0, 0.05) is 22.5 Å². The third-order valence-corrected chi connectivity index (χ3v) is 11.5. The zero-order valence-electron chi connectivity index (χ0n) is 30.5. The van der Waals surface area contributed by atoms with E-state index >= 15 is 0 Å². The van der Waals surface area contributed by atoms with Crippen LogP contribution in [0, 0.1) is 0 Å². The van der Waals surface area contributed by atoms with Crippen molar-refractivity contribution in [2.45, 2.75) is 19.3 Å². The molecule has 0 radical (unpaired) electrons. The summed E-state index contributed by atoms with van der Waals surface area (Å²) in [4.78, 5) is 2.38. The highest BCUT2D eigenvalue weighted by Crippen LogP contribution is 2.51. The second-order valence-electron chi connectivity index (χ2n) is 15.0. The van der Waals surface area contributed by atoms with Crippen molar-refractivity contribution in [3.05, 3.63) is 211 Å². The number of para-hydroxylation sites is 1. The molecule has 0 atom stereocenters. The molecule has 0 N–H and O–H groups in total. The minimum absolute atomic E-state index is 0.165. The van der Waals surface area contributed by atoms with Gasteiger partial charge in [0.2, 0.25) is 0 Å². The number of benzene rings is 9. The molecule has 0 amide bonds. The van der Waals surface area contributed by atoms with Gasteiger partial charge in [0.1, 0.15) is 0 Å². The van der Waals surface area contributed by atoms with Gasteiger partial charge in [-0.3, -0.25) is 0 Å². The van der Waals surface area contributed by atoms with E-state index in [1.165, 1.54) is 77.2 Å². The topological polar surface area (TPSA) is 3.24 Å². The standard InChI is InChI=1S/C53H39N/c1-53(2)51-34-42(41-25-30-48-43(33-41)22-21-40-13-9-10-16-47(40)48)26-31-49(51)50-32-29-46(35-52(50)53)54(44-14-7-4-8-15-44)45-27-23-39(24-28-45)38-19-17-37(18-20-38)36-11-5-3-6-12-36/h3-35H,1-2H3. The molecule has 1 nitrogen and oxygen atoms in total. The lowest BCUT2D eigenvalue weighted by atomic mass is 9.81. The molecule has 9 aromatic carbocycles. The van der Waals surface area contributed by atoms with Crippen molar-refractivity contribution in [3.63, 3.8) is 0 Å². The molecule has 1 aliphatic rings. The highest BCUT2D eigenvalue weighted by molar-refractivity contribution is 6.08. The van der Waals surface area contributed by atoms with E-state index in [0.717, 1.165) is 17.1 Å². The summed E-state index contributed by atoms with van der Waals surface area (Å²) in [6.07, 6.45) is 0. The molecular weight excluding hydrogens is 651 g/mol. The SMILES string of the molecule is CC1(C)c2cc(-c3ccc4c(ccc5ccccc54)c3)ccc2-c2ccc(N(c3ccccc3)c3ccc(-c4ccc(-c5ccccc5)cc4)cc3)cc21. The normalized spacial score (nSPS) is 12.8. The Bertz CT molecular complexity index is 2810. The lowest BCUT2D eigenvalue weighted by molar-refractivity contribution is 0.660. The first kappa shape index (κ1) is 32.0. The first-order valence-corrected chi connectivity index (χ1v) is 18.8. The van der Waals surface area contributed by atoms with Gasteiger partial charge >= 0.3 is 0 Å². The van der Waals surface area contributed by atoms with Gasteiger partial charge in [0.05, 0.1) is 0 Å². The molecule has 256 valence electrons. The third-order valence-electron chi connectivity index (χ3n) is 11.5. The van der Waals surface area contributed by atoms with Gasteiger partial charge in [-0.1, -0.05) is 166 Å². The highest BCUT2D eigenvalue weighted by Gasteiger charge is 2.36. The maximum Gasteiger partial charge on any atom is 0.0465 e. The summed E-state index contributed by atoms with van der Waals surface area (Å²) >= 11 is 0. The molecule has 9 aromatic rings. The molecule has 0 spiro atoms. The number of rotatable bonds is 6. The van der Waals surface area contributed by atoms with Gasteiger partial charge in [-0.2, -0.15) is 0 Å². The minimum atomic E-state index is -0.165. The van der Waals surface area contributed by atoms with E-state index in [-0.39, 0.29) is 5.41 Å². The first-order valence-electron chi connectivity index (χ1n) is 18.8. The van der Waals surface area contributed by atoms with Gasteiger partial charge in [-0.15, -0.1) is 0 Å².